The first kappa shape index (κ1) is 18.2. The Bertz CT molecular complexity index is 1060. The maximum absolute atomic E-state index is 12.5. The Morgan fingerprint density at radius 2 is 1.88 bits per heavy atom. The minimum absolute atomic E-state index is 0.208. The van der Waals surface area contributed by atoms with Crippen LogP contribution in [0.3, 0.4) is 0 Å². The third-order valence-corrected chi connectivity index (χ3v) is 5.43. The van der Waals surface area contributed by atoms with Gasteiger partial charge in [-0.05, 0) is 43.2 Å². The normalized spacial score (nSPS) is 11.8. The molecule has 0 fully saturated rings. The Morgan fingerprint density at radius 1 is 1.15 bits per heavy atom. The van der Waals surface area contributed by atoms with Gasteiger partial charge < -0.3 is 0 Å². The van der Waals surface area contributed by atoms with Crippen molar-refractivity contribution in [1.82, 2.24) is 15.0 Å². The second kappa shape index (κ2) is 7.31. The van der Waals surface area contributed by atoms with Gasteiger partial charge in [-0.1, -0.05) is 35.9 Å². The molecule has 0 bridgehead atoms. The van der Waals surface area contributed by atoms with E-state index in [1.807, 2.05) is 25.1 Å². The molecule has 3 rings (SSSR count). The van der Waals surface area contributed by atoms with Gasteiger partial charge in [0, 0.05) is 16.1 Å². The molecule has 0 saturated carbocycles. The van der Waals surface area contributed by atoms with E-state index in [9.17, 15) is 8.42 Å². The first-order valence-corrected chi connectivity index (χ1v) is 9.64. The van der Waals surface area contributed by atoms with Gasteiger partial charge in [-0.15, -0.1) is 0 Å². The molecule has 0 spiro atoms. The van der Waals surface area contributed by atoms with Gasteiger partial charge >= 0.3 is 0 Å². The maximum Gasteiger partial charge on any atom is 0.276 e. The molecule has 134 valence electrons. The van der Waals surface area contributed by atoms with Crippen molar-refractivity contribution in [2.24, 2.45) is 5.10 Å². The highest BCUT2D eigenvalue weighted by molar-refractivity contribution is 7.89. The van der Waals surface area contributed by atoms with Crippen LogP contribution >= 0.6 is 11.6 Å². The molecule has 2 N–H and O–H groups in total. The van der Waals surface area contributed by atoms with Crippen molar-refractivity contribution >= 4 is 27.8 Å². The van der Waals surface area contributed by atoms with Crippen molar-refractivity contribution in [2.75, 3.05) is 0 Å². The number of rotatable bonds is 5. The number of hydrazone groups is 1. The predicted octanol–water partition coefficient (Wildman–Crippen LogP) is 3.66. The zero-order chi connectivity index (χ0) is 18.7. The molecule has 3 aromatic rings. The lowest BCUT2D eigenvalue weighted by atomic mass is 10.1. The van der Waals surface area contributed by atoms with E-state index in [2.05, 4.69) is 20.1 Å². The van der Waals surface area contributed by atoms with E-state index in [0.29, 0.717) is 16.1 Å². The van der Waals surface area contributed by atoms with Gasteiger partial charge in [-0.25, -0.2) is 4.83 Å². The Balaban J connectivity index is 1.82. The fraction of sp³-hybridized carbons (Fsp3) is 0.111. The summed E-state index contributed by atoms with van der Waals surface area (Å²) in [7, 11) is -3.75. The molecule has 0 unspecified atom stereocenters. The molecule has 0 saturated heterocycles. The smallest absolute Gasteiger partial charge is 0.276 e. The number of hydrogen-bond donors (Lipinski definition) is 2. The van der Waals surface area contributed by atoms with Gasteiger partial charge in [0.1, 0.15) is 0 Å². The van der Waals surface area contributed by atoms with Crippen LogP contribution in [0.15, 0.2) is 58.7 Å². The standard InChI is InChI=1S/C18H17ClN4O2S/c1-12-3-4-13(2)17(9-12)26(24,25)23-21-11-15-10-20-22-18(15)14-5-7-16(19)8-6-14/h3-11,23H,1-2H3,(H,20,22)/b21-11-. The average molecular weight is 389 g/mol. The number of nitrogens with one attached hydrogen (secondary N) is 2. The number of aromatic amines is 1. The van der Waals surface area contributed by atoms with Gasteiger partial charge in [0.25, 0.3) is 10.0 Å². The lowest BCUT2D eigenvalue weighted by molar-refractivity contribution is 0.584. The Kier molecular flexibility index (Phi) is 5.11. The molecule has 0 atom stereocenters. The predicted molar refractivity (Wildman–Crippen MR) is 103 cm³/mol. The number of sulfonamides is 1. The van der Waals surface area contributed by atoms with E-state index in [4.69, 9.17) is 11.6 Å². The molecule has 0 aliphatic rings. The zero-order valence-corrected chi connectivity index (χ0v) is 15.8. The number of aryl methyl sites for hydroxylation is 2. The fourth-order valence-electron chi connectivity index (χ4n) is 2.45. The molecule has 1 heterocycles. The maximum atomic E-state index is 12.5. The summed E-state index contributed by atoms with van der Waals surface area (Å²) >= 11 is 5.90. The van der Waals surface area contributed by atoms with E-state index >= 15 is 0 Å². The van der Waals surface area contributed by atoms with Gasteiger partial charge in [0.05, 0.1) is 23.0 Å². The molecule has 6 nitrogen and oxygen atoms in total. The summed E-state index contributed by atoms with van der Waals surface area (Å²) in [5.41, 5.74) is 3.75. The van der Waals surface area contributed by atoms with Gasteiger partial charge in [-0.3, -0.25) is 5.10 Å². The average Bonchev–Trinajstić information content (AvgIpc) is 3.06. The van der Waals surface area contributed by atoms with Crippen molar-refractivity contribution in [1.29, 1.82) is 0 Å². The van der Waals surface area contributed by atoms with Crippen LogP contribution < -0.4 is 4.83 Å². The van der Waals surface area contributed by atoms with E-state index in [1.165, 1.54) is 6.21 Å². The minimum atomic E-state index is -3.75. The van der Waals surface area contributed by atoms with Crippen molar-refractivity contribution < 1.29 is 8.42 Å². The molecule has 26 heavy (non-hydrogen) atoms. The number of hydrogen-bond acceptors (Lipinski definition) is 4. The fourth-order valence-corrected chi connectivity index (χ4v) is 3.70. The molecular formula is C18H17ClN4O2S. The van der Waals surface area contributed by atoms with Crippen LogP contribution in [0.5, 0.6) is 0 Å². The lowest BCUT2D eigenvalue weighted by Crippen LogP contribution is -2.19. The largest absolute Gasteiger partial charge is 0.277 e. The molecule has 2 aromatic carbocycles. The number of halogens is 1. The number of H-pyrrole nitrogens is 1. The van der Waals surface area contributed by atoms with E-state index < -0.39 is 10.0 Å². The van der Waals surface area contributed by atoms with Crippen LogP contribution in [0.2, 0.25) is 5.02 Å². The Morgan fingerprint density at radius 3 is 2.62 bits per heavy atom. The Hall–Kier alpha value is -2.64. The Labute approximate surface area is 157 Å². The molecule has 1 aromatic heterocycles. The summed E-state index contributed by atoms with van der Waals surface area (Å²) in [4.78, 5) is 2.46. The number of nitrogens with zero attached hydrogens (tertiary/aromatic N) is 2. The van der Waals surface area contributed by atoms with Crippen LogP contribution in [0.4, 0.5) is 0 Å². The highest BCUT2D eigenvalue weighted by Crippen LogP contribution is 2.22. The van der Waals surface area contributed by atoms with Crippen LogP contribution in [-0.2, 0) is 10.0 Å². The molecule has 0 aliphatic carbocycles. The highest BCUT2D eigenvalue weighted by Gasteiger charge is 2.16. The minimum Gasteiger partial charge on any atom is -0.277 e. The van der Waals surface area contributed by atoms with E-state index in [-0.39, 0.29) is 4.90 Å². The third-order valence-electron chi connectivity index (χ3n) is 3.81. The summed E-state index contributed by atoms with van der Waals surface area (Å²) in [5, 5.41) is 11.4. The number of aromatic nitrogens is 2. The highest BCUT2D eigenvalue weighted by atomic mass is 35.5. The van der Waals surface area contributed by atoms with Crippen molar-refractivity contribution in [3.8, 4) is 11.3 Å². The van der Waals surface area contributed by atoms with Gasteiger partial charge in [-0.2, -0.15) is 18.6 Å². The second-order valence-corrected chi connectivity index (χ2v) is 7.89. The van der Waals surface area contributed by atoms with Crippen LogP contribution in [0, 0.1) is 13.8 Å². The van der Waals surface area contributed by atoms with E-state index in [0.717, 1.165) is 16.8 Å². The van der Waals surface area contributed by atoms with Crippen molar-refractivity contribution in [2.45, 2.75) is 18.7 Å². The van der Waals surface area contributed by atoms with Crippen LogP contribution in [-0.4, -0.2) is 24.8 Å². The summed E-state index contributed by atoms with van der Waals surface area (Å²) in [5.74, 6) is 0. The molecule has 0 amide bonds. The molecule has 0 radical (unpaired) electrons. The molecule has 0 aliphatic heterocycles. The van der Waals surface area contributed by atoms with Crippen LogP contribution in [0.25, 0.3) is 11.3 Å². The summed E-state index contributed by atoms with van der Waals surface area (Å²) in [6.07, 6.45) is 2.98. The first-order chi connectivity index (χ1) is 12.4. The topological polar surface area (TPSA) is 87.2 Å². The monoisotopic (exact) mass is 388 g/mol. The zero-order valence-electron chi connectivity index (χ0n) is 14.2. The first-order valence-electron chi connectivity index (χ1n) is 7.78. The lowest BCUT2D eigenvalue weighted by Gasteiger charge is -2.07. The van der Waals surface area contributed by atoms with Crippen molar-refractivity contribution in [3.63, 3.8) is 0 Å². The SMILES string of the molecule is Cc1ccc(C)c(S(=O)(=O)N/N=C\c2cn[nH]c2-c2ccc(Cl)cc2)c1. The van der Waals surface area contributed by atoms with Crippen molar-refractivity contribution in [3.05, 3.63) is 70.4 Å². The summed E-state index contributed by atoms with van der Waals surface area (Å²) in [6, 6.07) is 12.5. The summed E-state index contributed by atoms with van der Waals surface area (Å²) < 4.78 is 24.9. The third kappa shape index (κ3) is 3.95. The molecular weight excluding hydrogens is 372 g/mol. The van der Waals surface area contributed by atoms with Gasteiger partial charge in [0.2, 0.25) is 0 Å². The second-order valence-electron chi connectivity index (χ2n) is 5.83. The number of benzene rings is 2. The quantitative estimate of drug-likeness (QED) is 0.516. The van der Waals surface area contributed by atoms with E-state index in [1.54, 1.807) is 37.4 Å². The van der Waals surface area contributed by atoms with Gasteiger partial charge in [0.15, 0.2) is 0 Å². The summed E-state index contributed by atoms with van der Waals surface area (Å²) in [6.45, 7) is 3.58. The molecule has 8 heteroatoms. The van der Waals surface area contributed by atoms with Crippen LogP contribution in [0.1, 0.15) is 16.7 Å².